The number of oxime groups is 1. The second kappa shape index (κ2) is 8.90. The minimum Gasteiger partial charge on any atom is -0.496 e. The molecule has 0 saturated heterocycles. The van der Waals surface area contributed by atoms with E-state index in [0.717, 1.165) is 5.56 Å². The predicted molar refractivity (Wildman–Crippen MR) is 99.0 cm³/mol. The zero-order chi connectivity index (χ0) is 19.9. The highest BCUT2D eigenvalue weighted by Gasteiger charge is 2.15. The summed E-state index contributed by atoms with van der Waals surface area (Å²) >= 11 is 0. The Kier molecular flexibility index (Phi) is 6.11. The molecule has 8 heteroatoms. The van der Waals surface area contributed by atoms with Crippen molar-refractivity contribution in [2.45, 2.75) is 6.92 Å². The highest BCUT2D eigenvalue weighted by atomic mass is 16.7. The molecule has 0 atom stereocenters. The second-order valence-corrected chi connectivity index (χ2v) is 5.80. The van der Waals surface area contributed by atoms with Gasteiger partial charge >= 0.3 is 5.97 Å². The lowest BCUT2D eigenvalue weighted by Crippen LogP contribution is -2.18. The lowest BCUT2D eigenvalue weighted by atomic mass is 10.1. The van der Waals surface area contributed by atoms with Crippen molar-refractivity contribution in [3.8, 4) is 17.2 Å². The van der Waals surface area contributed by atoms with E-state index in [4.69, 9.17) is 23.8 Å². The first-order valence-corrected chi connectivity index (χ1v) is 8.47. The molecule has 1 heterocycles. The highest BCUT2D eigenvalue weighted by Crippen LogP contribution is 2.32. The van der Waals surface area contributed by atoms with Crippen LogP contribution in [0.4, 0.5) is 0 Å². The Morgan fingerprint density at radius 2 is 1.86 bits per heavy atom. The van der Waals surface area contributed by atoms with Crippen LogP contribution in [0.15, 0.2) is 47.6 Å². The first-order chi connectivity index (χ1) is 13.6. The number of hydrogen-bond acceptors (Lipinski definition) is 8. The maximum Gasteiger partial charge on any atom is 0.347 e. The molecule has 1 aliphatic heterocycles. The molecular weight excluding hydrogens is 366 g/mol. The number of carbonyl (C=O) groups is 2. The van der Waals surface area contributed by atoms with Gasteiger partial charge in [-0.25, -0.2) is 4.79 Å². The van der Waals surface area contributed by atoms with E-state index in [2.05, 4.69) is 5.16 Å². The van der Waals surface area contributed by atoms with Crippen LogP contribution in [0.1, 0.15) is 22.8 Å². The van der Waals surface area contributed by atoms with Gasteiger partial charge in [0, 0.05) is 5.56 Å². The standard InChI is InChI=1S/C20H19NO7/c1-13(14-7-8-18-19(9-14)27-12-26-18)21-28-11-20(23)25-10-16(22)15-5-3-4-6-17(15)24-2/h3-9H,10-12H2,1-2H3/b21-13-. The van der Waals surface area contributed by atoms with Gasteiger partial charge < -0.3 is 23.8 Å². The summed E-state index contributed by atoms with van der Waals surface area (Å²) in [6.45, 7) is 1.09. The number of benzene rings is 2. The van der Waals surface area contributed by atoms with Crippen molar-refractivity contribution < 1.29 is 33.4 Å². The van der Waals surface area contributed by atoms with Gasteiger partial charge in [-0.05, 0) is 37.3 Å². The average molecular weight is 385 g/mol. The van der Waals surface area contributed by atoms with Gasteiger partial charge in [-0.1, -0.05) is 17.3 Å². The van der Waals surface area contributed by atoms with Crippen molar-refractivity contribution in [3.63, 3.8) is 0 Å². The molecule has 0 saturated carbocycles. The zero-order valence-corrected chi connectivity index (χ0v) is 15.5. The summed E-state index contributed by atoms with van der Waals surface area (Å²) in [4.78, 5) is 28.9. The zero-order valence-electron chi connectivity index (χ0n) is 15.5. The van der Waals surface area contributed by atoms with Crippen molar-refractivity contribution in [1.29, 1.82) is 0 Å². The van der Waals surface area contributed by atoms with Crippen LogP contribution < -0.4 is 14.2 Å². The second-order valence-electron chi connectivity index (χ2n) is 5.80. The molecule has 0 fully saturated rings. The highest BCUT2D eigenvalue weighted by molar-refractivity contribution is 6.00. The molecule has 146 valence electrons. The summed E-state index contributed by atoms with van der Waals surface area (Å²) < 4.78 is 20.6. The van der Waals surface area contributed by atoms with Crippen LogP contribution in [0, 0.1) is 0 Å². The Hall–Kier alpha value is -3.55. The van der Waals surface area contributed by atoms with E-state index >= 15 is 0 Å². The molecule has 0 N–H and O–H groups in total. The van der Waals surface area contributed by atoms with Crippen LogP contribution >= 0.6 is 0 Å². The molecule has 0 unspecified atom stereocenters. The number of carbonyl (C=O) groups excluding carboxylic acids is 2. The Morgan fingerprint density at radius 1 is 1.07 bits per heavy atom. The molecule has 0 bridgehead atoms. The van der Waals surface area contributed by atoms with Gasteiger partial charge in [0.25, 0.3) is 0 Å². The summed E-state index contributed by atoms with van der Waals surface area (Å²) in [6.07, 6.45) is 0. The van der Waals surface area contributed by atoms with Crippen molar-refractivity contribution >= 4 is 17.5 Å². The van der Waals surface area contributed by atoms with Crippen LogP contribution in [0.3, 0.4) is 0 Å². The molecule has 28 heavy (non-hydrogen) atoms. The first kappa shape index (κ1) is 19.2. The number of hydrogen-bond donors (Lipinski definition) is 0. The van der Waals surface area contributed by atoms with Crippen LogP contribution in [0.5, 0.6) is 17.2 Å². The third-order valence-electron chi connectivity index (χ3n) is 3.95. The molecule has 0 spiro atoms. The molecule has 0 amide bonds. The number of methoxy groups -OCH3 is 1. The number of Topliss-reactive ketones (excluding diaryl/α,β-unsaturated/α-hetero) is 1. The van der Waals surface area contributed by atoms with E-state index in [9.17, 15) is 9.59 Å². The lowest BCUT2D eigenvalue weighted by Gasteiger charge is -2.08. The lowest BCUT2D eigenvalue weighted by molar-refractivity contribution is -0.147. The topological polar surface area (TPSA) is 92.7 Å². The quantitative estimate of drug-likeness (QED) is 0.298. The molecule has 0 aromatic heterocycles. The number of ether oxygens (including phenoxy) is 4. The summed E-state index contributed by atoms with van der Waals surface area (Å²) in [5.41, 5.74) is 1.66. The fourth-order valence-corrected chi connectivity index (χ4v) is 2.50. The number of rotatable bonds is 8. The van der Waals surface area contributed by atoms with E-state index in [-0.39, 0.29) is 12.6 Å². The summed E-state index contributed by atoms with van der Waals surface area (Å²) in [6, 6.07) is 12.1. The maximum atomic E-state index is 12.1. The number of esters is 1. The average Bonchev–Trinajstić information content (AvgIpc) is 3.19. The Bertz CT molecular complexity index is 907. The summed E-state index contributed by atoms with van der Waals surface area (Å²) in [5.74, 6) is 0.641. The fourth-order valence-electron chi connectivity index (χ4n) is 2.50. The molecular formula is C20H19NO7. The predicted octanol–water partition coefficient (Wildman–Crippen LogP) is 2.59. The van der Waals surface area contributed by atoms with Crippen molar-refractivity contribution in [2.24, 2.45) is 5.16 Å². The van der Waals surface area contributed by atoms with Gasteiger partial charge in [0.05, 0.1) is 18.4 Å². The van der Waals surface area contributed by atoms with Gasteiger partial charge in [0.2, 0.25) is 19.2 Å². The van der Waals surface area contributed by atoms with Gasteiger partial charge in [-0.3, -0.25) is 4.79 Å². The molecule has 8 nitrogen and oxygen atoms in total. The molecule has 3 rings (SSSR count). The van der Waals surface area contributed by atoms with Crippen molar-refractivity contribution in [2.75, 3.05) is 27.1 Å². The summed E-state index contributed by atoms with van der Waals surface area (Å²) in [5, 5.41) is 3.89. The first-order valence-electron chi connectivity index (χ1n) is 8.47. The SMILES string of the molecule is COc1ccccc1C(=O)COC(=O)CO/N=C(/C)c1ccc2c(c1)OCO2. The van der Waals surface area contributed by atoms with E-state index in [1.807, 2.05) is 0 Å². The van der Waals surface area contributed by atoms with Gasteiger partial charge in [0.1, 0.15) is 5.75 Å². The Labute approximate surface area is 161 Å². The third kappa shape index (κ3) is 4.59. The maximum absolute atomic E-state index is 12.1. The number of para-hydroxylation sites is 1. The van der Waals surface area contributed by atoms with Gasteiger partial charge in [0.15, 0.2) is 18.1 Å². The normalized spacial score (nSPS) is 12.4. The van der Waals surface area contributed by atoms with Crippen molar-refractivity contribution in [1.82, 2.24) is 0 Å². The van der Waals surface area contributed by atoms with Crippen LogP contribution in [-0.2, 0) is 14.4 Å². The molecule has 2 aromatic rings. The smallest absolute Gasteiger partial charge is 0.347 e. The Balaban J connectivity index is 1.47. The van der Waals surface area contributed by atoms with Crippen LogP contribution in [-0.4, -0.2) is 44.6 Å². The van der Waals surface area contributed by atoms with Gasteiger partial charge in [-0.15, -0.1) is 0 Å². The van der Waals surface area contributed by atoms with Crippen LogP contribution in [0.25, 0.3) is 0 Å². The van der Waals surface area contributed by atoms with Crippen molar-refractivity contribution in [3.05, 3.63) is 53.6 Å². The molecule has 0 aliphatic carbocycles. The molecule has 1 aliphatic rings. The third-order valence-corrected chi connectivity index (χ3v) is 3.95. The fraction of sp³-hybridized carbons (Fsp3) is 0.250. The minimum atomic E-state index is -0.703. The Morgan fingerprint density at radius 3 is 2.68 bits per heavy atom. The number of nitrogens with zero attached hydrogens (tertiary/aromatic N) is 1. The largest absolute Gasteiger partial charge is 0.496 e. The molecule has 0 radical (unpaired) electrons. The molecule has 2 aromatic carbocycles. The number of fused-ring (bicyclic) bond motifs is 1. The van der Waals surface area contributed by atoms with E-state index in [0.29, 0.717) is 28.5 Å². The van der Waals surface area contributed by atoms with E-state index < -0.39 is 19.2 Å². The monoisotopic (exact) mass is 385 g/mol. The summed E-state index contributed by atoms with van der Waals surface area (Å²) in [7, 11) is 1.46. The number of ketones is 1. The minimum absolute atomic E-state index is 0.185. The van der Waals surface area contributed by atoms with Gasteiger partial charge in [-0.2, -0.15) is 0 Å². The van der Waals surface area contributed by atoms with E-state index in [1.165, 1.54) is 7.11 Å². The van der Waals surface area contributed by atoms with Crippen LogP contribution in [0.2, 0.25) is 0 Å². The van der Waals surface area contributed by atoms with E-state index in [1.54, 1.807) is 49.4 Å².